The number of carbonyl (C=O) groups is 2. The van der Waals surface area contributed by atoms with E-state index in [1.165, 1.54) is 0 Å². The lowest BCUT2D eigenvalue weighted by molar-refractivity contribution is -0.139. The Bertz CT molecular complexity index is 1990. The van der Waals surface area contributed by atoms with Crippen LogP contribution in [0.3, 0.4) is 0 Å². The van der Waals surface area contributed by atoms with Gasteiger partial charge in [0, 0.05) is 24.1 Å². The van der Waals surface area contributed by atoms with Crippen molar-refractivity contribution in [3.8, 4) is 33.5 Å². The van der Waals surface area contributed by atoms with Crippen LogP contribution < -0.4 is 5.32 Å². The lowest BCUT2D eigenvalue weighted by atomic mass is 9.98. The highest BCUT2D eigenvalue weighted by atomic mass is 16.5. The number of carboxylic acid groups (broad SMARTS) is 1. The number of carbonyl (C=O) groups excluding carboxylic acids is 1. The summed E-state index contributed by atoms with van der Waals surface area (Å²) in [5.41, 5.74) is 10.6. The van der Waals surface area contributed by atoms with Gasteiger partial charge in [-0.1, -0.05) is 103 Å². The van der Waals surface area contributed by atoms with E-state index in [4.69, 9.17) is 9.72 Å². The van der Waals surface area contributed by atoms with Crippen molar-refractivity contribution in [2.24, 2.45) is 0 Å². The largest absolute Gasteiger partial charge is 0.480 e. The SMILES string of the molecule is Cc1ccn2c(CC(NC(=O)OCC3c4ccccc4-c4ccccc43)C(=O)O)c(-c3ccc(-c4ccccc4)cc3)nc2c1. The minimum absolute atomic E-state index is 0.0134. The molecular weight excluding hydrogens is 562 g/mol. The Morgan fingerprint density at radius 2 is 1.42 bits per heavy atom. The second-order valence-electron chi connectivity index (χ2n) is 11.3. The van der Waals surface area contributed by atoms with Crippen molar-refractivity contribution in [3.05, 3.63) is 144 Å². The fourth-order valence-electron chi connectivity index (χ4n) is 6.25. The zero-order chi connectivity index (χ0) is 30.9. The van der Waals surface area contributed by atoms with Crippen LogP contribution in [0.4, 0.5) is 4.79 Å². The van der Waals surface area contributed by atoms with Gasteiger partial charge in [-0.15, -0.1) is 0 Å². The number of nitrogens with zero attached hydrogens (tertiary/aromatic N) is 2. The topological polar surface area (TPSA) is 92.9 Å². The van der Waals surface area contributed by atoms with Crippen molar-refractivity contribution in [3.63, 3.8) is 0 Å². The Morgan fingerprint density at radius 1 is 0.822 bits per heavy atom. The molecule has 2 heterocycles. The number of alkyl carbamates (subject to hydrolysis) is 1. The lowest BCUT2D eigenvalue weighted by Gasteiger charge is -2.18. The number of fused-ring (bicyclic) bond motifs is 4. The molecule has 1 aliphatic rings. The number of imidazole rings is 1. The second-order valence-corrected chi connectivity index (χ2v) is 11.3. The number of ether oxygens (including phenoxy) is 1. The number of carboxylic acids is 1. The third-order valence-electron chi connectivity index (χ3n) is 8.48. The molecule has 0 saturated heterocycles. The van der Waals surface area contributed by atoms with Gasteiger partial charge in [-0.25, -0.2) is 14.6 Å². The van der Waals surface area contributed by atoms with E-state index in [0.717, 1.165) is 44.5 Å². The van der Waals surface area contributed by atoms with Crippen LogP contribution in [0.1, 0.15) is 28.3 Å². The van der Waals surface area contributed by atoms with Gasteiger partial charge in [-0.2, -0.15) is 0 Å². The monoisotopic (exact) mass is 593 g/mol. The van der Waals surface area contributed by atoms with Crippen molar-refractivity contribution in [2.75, 3.05) is 6.61 Å². The van der Waals surface area contributed by atoms with Gasteiger partial charge >= 0.3 is 12.1 Å². The van der Waals surface area contributed by atoms with Crippen LogP contribution >= 0.6 is 0 Å². The van der Waals surface area contributed by atoms with Gasteiger partial charge < -0.3 is 19.6 Å². The van der Waals surface area contributed by atoms with E-state index < -0.39 is 18.1 Å². The Labute approximate surface area is 260 Å². The summed E-state index contributed by atoms with van der Waals surface area (Å²) in [7, 11) is 0. The molecule has 222 valence electrons. The Balaban J connectivity index is 1.13. The molecule has 7 nitrogen and oxygen atoms in total. The first-order chi connectivity index (χ1) is 22.0. The molecule has 0 saturated carbocycles. The average molecular weight is 594 g/mol. The summed E-state index contributed by atoms with van der Waals surface area (Å²) in [6, 6.07) is 37.0. The van der Waals surface area contributed by atoms with Gasteiger partial charge in [-0.05, 0) is 58.0 Å². The van der Waals surface area contributed by atoms with E-state index in [2.05, 4.69) is 29.6 Å². The normalized spacial score (nSPS) is 12.8. The molecule has 1 unspecified atom stereocenters. The molecule has 7 rings (SSSR count). The molecule has 0 bridgehead atoms. The van der Waals surface area contributed by atoms with E-state index in [9.17, 15) is 14.7 Å². The zero-order valence-electron chi connectivity index (χ0n) is 24.7. The number of pyridine rings is 1. The van der Waals surface area contributed by atoms with Crippen LogP contribution in [-0.4, -0.2) is 39.2 Å². The maximum atomic E-state index is 13.1. The van der Waals surface area contributed by atoms with Crippen LogP contribution in [0.2, 0.25) is 0 Å². The molecule has 45 heavy (non-hydrogen) atoms. The molecule has 0 spiro atoms. The molecule has 2 aromatic heterocycles. The third kappa shape index (κ3) is 5.45. The maximum Gasteiger partial charge on any atom is 0.407 e. The molecule has 1 aliphatic carbocycles. The predicted octanol–water partition coefficient (Wildman–Crippen LogP) is 7.51. The molecule has 0 fully saturated rings. The fraction of sp³-hybridized carbons (Fsp3) is 0.132. The number of hydrogen-bond donors (Lipinski definition) is 2. The molecule has 1 amide bonds. The molecule has 2 N–H and O–H groups in total. The molecule has 0 aliphatic heterocycles. The van der Waals surface area contributed by atoms with Gasteiger partial charge in [0.05, 0.1) is 11.4 Å². The summed E-state index contributed by atoms with van der Waals surface area (Å²) < 4.78 is 7.57. The van der Waals surface area contributed by atoms with Crippen LogP contribution in [0.5, 0.6) is 0 Å². The van der Waals surface area contributed by atoms with Crippen LogP contribution in [0, 0.1) is 6.92 Å². The van der Waals surface area contributed by atoms with Gasteiger partial charge in [0.25, 0.3) is 0 Å². The first kappa shape index (κ1) is 28.1. The lowest BCUT2D eigenvalue weighted by Crippen LogP contribution is -2.43. The van der Waals surface area contributed by atoms with Crippen LogP contribution in [0.25, 0.3) is 39.2 Å². The summed E-state index contributed by atoms with van der Waals surface area (Å²) in [6.45, 7) is 2.08. The summed E-state index contributed by atoms with van der Waals surface area (Å²) >= 11 is 0. The highest BCUT2D eigenvalue weighted by Gasteiger charge is 2.30. The number of rotatable bonds is 8. The molecule has 4 aromatic carbocycles. The first-order valence-corrected chi connectivity index (χ1v) is 14.9. The average Bonchev–Trinajstić information content (AvgIpc) is 3.58. The Hall–Kier alpha value is -5.69. The van der Waals surface area contributed by atoms with Crippen LogP contribution in [0.15, 0.2) is 121 Å². The van der Waals surface area contributed by atoms with Crippen molar-refractivity contribution in [1.29, 1.82) is 0 Å². The molecule has 0 radical (unpaired) electrons. The highest BCUT2D eigenvalue weighted by molar-refractivity contribution is 5.82. The summed E-state index contributed by atoms with van der Waals surface area (Å²) in [5, 5.41) is 12.8. The summed E-state index contributed by atoms with van der Waals surface area (Å²) in [6.07, 6.45) is 1.13. The summed E-state index contributed by atoms with van der Waals surface area (Å²) in [5.74, 6) is -1.28. The van der Waals surface area contributed by atoms with E-state index in [-0.39, 0.29) is 18.9 Å². The third-order valence-corrected chi connectivity index (χ3v) is 8.48. The smallest absolute Gasteiger partial charge is 0.407 e. The van der Waals surface area contributed by atoms with Crippen molar-refractivity contribution in [2.45, 2.75) is 25.3 Å². The number of amides is 1. The van der Waals surface area contributed by atoms with Gasteiger partial charge in [0.1, 0.15) is 18.3 Å². The molecule has 1 atom stereocenters. The maximum absolute atomic E-state index is 13.1. The summed E-state index contributed by atoms with van der Waals surface area (Å²) in [4.78, 5) is 30.5. The van der Waals surface area contributed by atoms with E-state index in [0.29, 0.717) is 17.0 Å². The molecular formula is C38H31N3O4. The van der Waals surface area contributed by atoms with Gasteiger partial charge in [0.15, 0.2) is 0 Å². The van der Waals surface area contributed by atoms with E-state index in [1.54, 1.807) is 0 Å². The standard InChI is InChI=1S/C38H31N3O4/c1-24-19-20-41-34(36(40-35(41)21-24)27-17-15-26(16-18-27)25-9-3-2-4-10-25)22-33(37(42)43)39-38(44)45-23-32-30-13-7-5-11-28(30)29-12-6-8-14-31(29)32/h2-21,32-33H,22-23H2,1H3,(H,39,44)(H,42,43). The van der Waals surface area contributed by atoms with E-state index >= 15 is 0 Å². The van der Waals surface area contributed by atoms with Gasteiger partial charge in [-0.3, -0.25) is 0 Å². The highest BCUT2D eigenvalue weighted by Crippen LogP contribution is 2.44. The number of hydrogen-bond acceptors (Lipinski definition) is 4. The quantitative estimate of drug-likeness (QED) is 0.191. The van der Waals surface area contributed by atoms with Crippen LogP contribution in [-0.2, 0) is 16.0 Å². The Kier molecular flexibility index (Phi) is 7.35. The number of aromatic nitrogens is 2. The second kappa shape index (κ2) is 11.8. The van der Waals surface area contributed by atoms with Crippen molar-refractivity contribution >= 4 is 17.7 Å². The number of nitrogens with one attached hydrogen (secondary N) is 1. The molecule has 7 heteroatoms. The number of aryl methyl sites for hydroxylation is 1. The minimum Gasteiger partial charge on any atom is -0.480 e. The van der Waals surface area contributed by atoms with Crippen molar-refractivity contribution < 1.29 is 19.4 Å². The van der Waals surface area contributed by atoms with Crippen molar-refractivity contribution in [1.82, 2.24) is 14.7 Å². The number of aliphatic carboxylic acids is 1. The molecule has 6 aromatic rings. The minimum atomic E-state index is -1.23. The first-order valence-electron chi connectivity index (χ1n) is 14.9. The number of benzene rings is 4. The predicted molar refractivity (Wildman–Crippen MR) is 174 cm³/mol. The van der Waals surface area contributed by atoms with E-state index in [1.807, 2.05) is 109 Å². The Morgan fingerprint density at radius 3 is 2.09 bits per heavy atom. The zero-order valence-corrected chi connectivity index (χ0v) is 24.7. The fourth-order valence-corrected chi connectivity index (χ4v) is 6.25. The van der Waals surface area contributed by atoms with Gasteiger partial charge in [0.2, 0.25) is 0 Å².